The first-order valence-electron chi connectivity index (χ1n) is 13.1. The predicted octanol–water partition coefficient (Wildman–Crippen LogP) is 5.45. The fourth-order valence-corrected chi connectivity index (χ4v) is 6.00. The highest BCUT2D eigenvalue weighted by molar-refractivity contribution is 7.17. The highest BCUT2D eigenvalue weighted by Gasteiger charge is 2.36. The van der Waals surface area contributed by atoms with Crippen molar-refractivity contribution in [3.63, 3.8) is 0 Å². The van der Waals surface area contributed by atoms with Crippen LogP contribution >= 0.6 is 11.3 Å². The number of amides is 1. The van der Waals surface area contributed by atoms with Crippen molar-refractivity contribution in [3.8, 4) is 10.4 Å². The molecule has 0 aliphatic heterocycles. The molecule has 2 aromatic rings. The number of thiazole rings is 1. The van der Waals surface area contributed by atoms with Gasteiger partial charge in [0, 0.05) is 17.2 Å². The third kappa shape index (κ3) is 6.14. The lowest BCUT2D eigenvalue weighted by atomic mass is 9.80. The van der Waals surface area contributed by atoms with Crippen molar-refractivity contribution in [2.45, 2.75) is 103 Å². The minimum Gasteiger partial charge on any atom is -0.481 e. The van der Waals surface area contributed by atoms with E-state index in [-0.39, 0.29) is 23.3 Å². The van der Waals surface area contributed by atoms with Crippen molar-refractivity contribution in [1.82, 2.24) is 15.3 Å². The van der Waals surface area contributed by atoms with Gasteiger partial charge in [-0.2, -0.15) is 0 Å². The Labute approximate surface area is 217 Å². The highest BCUT2D eigenvalue weighted by Crippen LogP contribution is 2.38. The average Bonchev–Trinajstić information content (AvgIpc) is 3.18. The zero-order valence-electron chi connectivity index (χ0n) is 22.1. The topological polar surface area (TPSA) is 112 Å². The summed E-state index contributed by atoms with van der Waals surface area (Å²) >= 11 is 1.38. The third-order valence-electron chi connectivity index (χ3n) is 7.40. The van der Waals surface area contributed by atoms with Crippen molar-refractivity contribution in [1.29, 1.82) is 0 Å². The molecule has 8 heteroatoms. The number of carboxylic acid groups (broad SMARTS) is 1. The molecule has 0 radical (unpaired) electrons. The van der Waals surface area contributed by atoms with Crippen molar-refractivity contribution in [2.75, 3.05) is 0 Å². The number of hydrogen-bond donors (Lipinski definition) is 3. The number of hydrogen-bond acceptors (Lipinski definition) is 6. The molecule has 0 saturated heterocycles. The largest absolute Gasteiger partial charge is 0.481 e. The molecule has 2 aromatic heterocycles. The Bertz CT molecular complexity index is 1080. The van der Waals surface area contributed by atoms with Crippen LogP contribution in [0, 0.1) is 11.8 Å². The summed E-state index contributed by atoms with van der Waals surface area (Å²) in [5.74, 6) is -0.868. The van der Waals surface area contributed by atoms with Crippen LogP contribution in [0.5, 0.6) is 0 Å². The van der Waals surface area contributed by atoms with Gasteiger partial charge in [0.1, 0.15) is 5.60 Å². The van der Waals surface area contributed by atoms with Crippen LogP contribution in [0.3, 0.4) is 0 Å². The number of nitrogens with one attached hydrogen (secondary N) is 1. The summed E-state index contributed by atoms with van der Waals surface area (Å²) in [6.45, 7) is 9.78. The molecule has 0 bridgehead atoms. The van der Waals surface area contributed by atoms with Gasteiger partial charge >= 0.3 is 5.97 Å². The Morgan fingerprint density at radius 3 is 2.25 bits per heavy atom. The quantitative estimate of drug-likeness (QED) is 0.454. The lowest BCUT2D eigenvalue weighted by Crippen LogP contribution is -2.46. The molecule has 2 heterocycles. The first kappa shape index (κ1) is 26.7. The molecule has 36 heavy (non-hydrogen) atoms. The standard InChI is InChI=1S/C28H39N3O4S/c1-27(2,3)21-14-17(15-22(31-21)28(4,5)35)23-20(11-16-9-7-6-8-10-16)30-25(36-23)24(32)29-19-12-18(13-19)26(33)34/h14-16,18-19,35H,6-13H2,1-5H3,(H,29,32)(H,33,34). The second-order valence-corrected chi connectivity index (χ2v) is 13.1. The predicted molar refractivity (Wildman–Crippen MR) is 141 cm³/mol. The molecular formula is C28H39N3O4S. The number of rotatable bonds is 7. The van der Waals surface area contributed by atoms with E-state index >= 15 is 0 Å². The second kappa shape index (κ2) is 10.2. The highest BCUT2D eigenvalue weighted by atomic mass is 32.1. The van der Waals surface area contributed by atoms with Crippen molar-refractivity contribution in [3.05, 3.63) is 34.2 Å². The molecule has 1 amide bonds. The van der Waals surface area contributed by atoms with E-state index in [4.69, 9.17) is 15.1 Å². The minimum absolute atomic E-state index is 0.122. The maximum Gasteiger partial charge on any atom is 0.306 e. The van der Waals surface area contributed by atoms with Gasteiger partial charge < -0.3 is 15.5 Å². The van der Waals surface area contributed by atoms with Gasteiger partial charge in [0.15, 0.2) is 5.01 Å². The molecule has 0 aromatic carbocycles. The number of carboxylic acids is 1. The third-order valence-corrected chi connectivity index (χ3v) is 8.55. The first-order valence-corrected chi connectivity index (χ1v) is 13.9. The van der Waals surface area contributed by atoms with Crippen molar-refractivity contribution < 1.29 is 19.8 Å². The molecule has 0 atom stereocenters. The van der Waals surface area contributed by atoms with Crippen LogP contribution in [0.4, 0.5) is 0 Å². The van der Waals surface area contributed by atoms with Gasteiger partial charge in [-0.25, -0.2) is 4.98 Å². The van der Waals surface area contributed by atoms with Crippen molar-refractivity contribution in [2.24, 2.45) is 11.8 Å². The first-order chi connectivity index (χ1) is 16.8. The van der Waals surface area contributed by atoms with Crippen LogP contribution in [0.2, 0.25) is 0 Å². The molecule has 2 fully saturated rings. The molecule has 0 unspecified atom stereocenters. The Hall–Kier alpha value is -2.32. The summed E-state index contributed by atoms with van der Waals surface area (Å²) in [6.07, 6.45) is 7.85. The molecule has 7 nitrogen and oxygen atoms in total. The summed E-state index contributed by atoms with van der Waals surface area (Å²) in [5, 5.41) is 23.3. The molecule has 2 aliphatic carbocycles. The van der Waals surface area contributed by atoms with E-state index in [1.165, 1.54) is 43.4 Å². The van der Waals surface area contributed by atoms with Gasteiger partial charge in [0.05, 0.1) is 22.2 Å². The van der Waals surface area contributed by atoms with Crippen LogP contribution in [-0.4, -0.2) is 38.1 Å². The van der Waals surface area contributed by atoms with Gasteiger partial charge in [0.25, 0.3) is 5.91 Å². The summed E-state index contributed by atoms with van der Waals surface area (Å²) in [7, 11) is 0. The van der Waals surface area contributed by atoms with Gasteiger partial charge in [-0.15, -0.1) is 11.3 Å². The maximum absolute atomic E-state index is 13.1. The lowest BCUT2D eigenvalue weighted by Gasteiger charge is -2.32. The van der Waals surface area contributed by atoms with Gasteiger partial charge in [-0.05, 0) is 56.7 Å². The molecule has 3 N–H and O–H groups in total. The van der Waals surface area contributed by atoms with E-state index in [0.29, 0.717) is 29.5 Å². The van der Waals surface area contributed by atoms with E-state index in [1.54, 1.807) is 13.8 Å². The summed E-state index contributed by atoms with van der Waals surface area (Å²) in [6, 6.07) is 3.87. The van der Waals surface area contributed by atoms with Gasteiger partial charge in [-0.1, -0.05) is 52.9 Å². The van der Waals surface area contributed by atoms with Crippen LogP contribution in [0.25, 0.3) is 10.4 Å². The van der Waals surface area contributed by atoms with E-state index in [1.807, 2.05) is 6.07 Å². The maximum atomic E-state index is 13.1. The smallest absolute Gasteiger partial charge is 0.306 e. The molecule has 196 valence electrons. The Morgan fingerprint density at radius 1 is 1.03 bits per heavy atom. The monoisotopic (exact) mass is 513 g/mol. The fourth-order valence-electron chi connectivity index (χ4n) is 5.02. The van der Waals surface area contributed by atoms with E-state index in [0.717, 1.165) is 28.2 Å². The Morgan fingerprint density at radius 2 is 1.67 bits per heavy atom. The number of nitrogens with zero attached hydrogens (tertiary/aromatic N) is 2. The molecular weight excluding hydrogens is 474 g/mol. The molecule has 2 aliphatic rings. The van der Waals surface area contributed by atoms with Gasteiger partial charge in [0.2, 0.25) is 0 Å². The molecule has 4 rings (SSSR count). The molecule has 0 spiro atoms. The number of aromatic nitrogens is 2. The number of pyridine rings is 1. The number of carbonyl (C=O) groups is 2. The van der Waals surface area contributed by atoms with Crippen LogP contribution in [0.15, 0.2) is 12.1 Å². The number of carbonyl (C=O) groups excluding carboxylic acids is 1. The van der Waals surface area contributed by atoms with E-state index in [9.17, 15) is 14.7 Å². The lowest BCUT2D eigenvalue weighted by molar-refractivity contribution is -0.145. The zero-order valence-corrected chi connectivity index (χ0v) is 22.9. The summed E-state index contributed by atoms with van der Waals surface area (Å²) in [4.78, 5) is 34.8. The Balaban J connectivity index is 1.69. The summed E-state index contributed by atoms with van der Waals surface area (Å²) < 4.78 is 0. The van der Waals surface area contributed by atoms with E-state index < -0.39 is 11.6 Å². The average molecular weight is 514 g/mol. The summed E-state index contributed by atoms with van der Waals surface area (Å²) in [5.41, 5.74) is 2.03. The van der Waals surface area contributed by atoms with Gasteiger partial charge in [-0.3, -0.25) is 14.6 Å². The SMILES string of the molecule is CC(C)(C)c1cc(-c2sc(C(=O)NC3CC(C(=O)O)C3)nc2CC2CCCCC2)cc(C(C)(C)O)n1. The van der Waals surface area contributed by atoms with E-state index in [2.05, 4.69) is 32.2 Å². The van der Waals surface area contributed by atoms with Crippen molar-refractivity contribution >= 4 is 23.2 Å². The zero-order chi connectivity index (χ0) is 26.3. The Kier molecular flexibility index (Phi) is 7.58. The van der Waals surface area contributed by atoms with Crippen LogP contribution < -0.4 is 5.32 Å². The van der Waals surface area contributed by atoms with Crippen LogP contribution in [-0.2, 0) is 22.2 Å². The molecule has 2 saturated carbocycles. The number of aliphatic carboxylic acids is 1. The fraction of sp³-hybridized carbons (Fsp3) is 0.643. The van der Waals surface area contributed by atoms with Crippen LogP contribution in [0.1, 0.15) is 106 Å². The normalized spacial score (nSPS) is 21.2. The minimum atomic E-state index is -1.10. The number of aliphatic hydroxyl groups is 1. The second-order valence-electron chi connectivity index (χ2n) is 12.1.